The lowest BCUT2D eigenvalue weighted by Crippen LogP contribution is -2.42. The lowest BCUT2D eigenvalue weighted by atomic mass is 9.96. The van der Waals surface area contributed by atoms with Gasteiger partial charge in [-0.05, 0) is 30.9 Å². The number of carbonyl (C=O) groups excluding carboxylic acids is 2. The number of amides is 2. The molecule has 114 valence electrons. The molecule has 6 heteroatoms. The van der Waals surface area contributed by atoms with E-state index in [1.807, 2.05) is 4.90 Å². The summed E-state index contributed by atoms with van der Waals surface area (Å²) in [5.74, 6) is 0.361. The van der Waals surface area contributed by atoms with E-state index in [-0.39, 0.29) is 18.4 Å². The van der Waals surface area contributed by atoms with Gasteiger partial charge in [-0.3, -0.25) is 14.6 Å². The number of likely N-dealkylation sites (tertiary alicyclic amines) is 1. The van der Waals surface area contributed by atoms with E-state index in [2.05, 4.69) is 10.3 Å². The van der Waals surface area contributed by atoms with Crippen LogP contribution in [0.25, 0.3) is 0 Å². The van der Waals surface area contributed by atoms with Crippen LogP contribution in [-0.4, -0.2) is 55.0 Å². The second-order valence-corrected chi connectivity index (χ2v) is 5.21. The monoisotopic (exact) mass is 291 g/mol. The molecule has 2 amide bonds. The van der Waals surface area contributed by atoms with Gasteiger partial charge in [0, 0.05) is 39.1 Å². The minimum absolute atomic E-state index is 0.0324. The molecule has 0 saturated carbocycles. The molecule has 2 rings (SSSR count). The highest BCUT2D eigenvalue weighted by Crippen LogP contribution is 2.18. The molecule has 6 nitrogen and oxygen atoms in total. The normalized spacial score (nSPS) is 15.8. The molecule has 1 fully saturated rings. The van der Waals surface area contributed by atoms with Gasteiger partial charge in [-0.15, -0.1) is 0 Å². The summed E-state index contributed by atoms with van der Waals surface area (Å²) in [6, 6.07) is 3.55. The van der Waals surface area contributed by atoms with Crippen molar-refractivity contribution in [2.45, 2.75) is 12.8 Å². The number of aromatic nitrogens is 1. The summed E-state index contributed by atoms with van der Waals surface area (Å²) in [5, 5.41) is 2.85. The van der Waals surface area contributed by atoms with Crippen LogP contribution in [0, 0.1) is 5.92 Å². The number of pyridine rings is 1. The number of ether oxygens (including phenoxy) is 1. The van der Waals surface area contributed by atoms with Gasteiger partial charge in [-0.2, -0.15) is 0 Å². The number of hydrogen-bond donors (Lipinski definition) is 1. The van der Waals surface area contributed by atoms with Crippen molar-refractivity contribution in [2.75, 3.05) is 33.4 Å². The molecule has 0 aliphatic carbocycles. The maximum absolute atomic E-state index is 12.3. The van der Waals surface area contributed by atoms with Crippen molar-refractivity contribution < 1.29 is 14.3 Å². The Labute approximate surface area is 124 Å². The van der Waals surface area contributed by atoms with Crippen molar-refractivity contribution in [1.82, 2.24) is 15.2 Å². The van der Waals surface area contributed by atoms with Crippen LogP contribution in [0.15, 0.2) is 24.5 Å². The Hall–Kier alpha value is -1.95. The Kier molecular flexibility index (Phi) is 5.68. The predicted octanol–water partition coefficient (Wildman–Crippen LogP) is 0.696. The second-order valence-electron chi connectivity index (χ2n) is 5.21. The van der Waals surface area contributed by atoms with Crippen LogP contribution in [0.2, 0.25) is 0 Å². The van der Waals surface area contributed by atoms with E-state index in [9.17, 15) is 9.59 Å². The predicted molar refractivity (Wildman–Crippen MR) is 77.8 cm³/mol. The minimum Gasteiger partial charge on any atom is -0.375 e. The Morgan fingerprint density at radius 1 is 1.43 bits per heavy atom. The minimum atomic E-state index is -0.0913. The van der Waals surface area contributed by atoms with Crippen molar-refractivity contribution in [3.63, 3.8) is 0 Å². The number of methoxy groups -OCH3 is 1. The molecule has 1 N–H and O–H groups in total. The van der Waals surface area contributed by atoms with Gasteiger partial charge in [0.2, 0.25) is 5.91 Å². The Bertz CT molecular complexity index is 470. The number of nitrogens with one attached hydrogen (secondary N) is 1. The van der Waals surface area contributed by atoms with Crippen LogP contribution in [0.3, 0.4) is 0 Å². The van der Waals surface area contributed by atoms with Gasteiger partial charge in [0.05, 0.1) is 5.56 Å². The molecule has 0 atom stereocenters. The van der Waals surface area contributed by atoms with E-state index < -0.39 is 0 Å². The zero-order valence-electron chi connectivity index (χ0n) is 12.2. The van der Waals surface area contributed by atoms with Gasteiger partial charge in [0.25, 0.3) is 5.91 Å². The zero-order chi connectivity index (χ0) is 15.1. The van der Waals surface area contributed by atoms with Crippen molar-refractivity contribution in [3.05, 3.63) is 30.1 Å². The first kappa shape index (κ1) is 15.4. The SMILES string of the molecule is COCC(=O)NCC1CCN(C(=O)c2cccnc2)CC1. The Balaban J connectivity index is 1.76. The zero-order valence-corrected chi connectivity index (χ0v) is 12.2. The third-order valence-electron chi connectivity index (χ3n) is 3.67. The maximum Gasteiger partial charge on any atom is 0.255 e. The van der Waals surface area contributed by atoms with Gasteiger partial charge in [0.15, 0.2) is 0 Å². The standard InChI is InChI=1S/C15H21N3O3/c1-21-11-14(19)17-9-12-4-7-18(8-5-12)15(20)13-3-2-6-16-10-13/h2-3,6,10,12H,4-5,7-9,11H2,1H3,(H,17,19). The smallest absolute Gasteiger partial charge is 0.255 e. The largest absolute Gasteiger partial charge is 0.375 e. The Morgan fingerprint density at radius 2 is 2.19 bits per heavy atom. The number of hydrogen-bond acceptors (Lipinski definition) is 4. The van der Waals surface area contributed by atoms with Crippen LogP contribution in [-0.2, 0) is 9.53 Å². The first-order chi connectivity index (χ1) is 10.2. The second kappa shape index (κ2) is 7.73. The van der Waals surface area contributed by atoms with Crippen LogP contribution in [0.5, 0.6) is 0 Å². The summed E-state index contributed by atoms with van der Waals surface area (Å²) >= 11 is 0. The molecule has 0 radical (unpaired) electrons. The summed E-state index contributed by atoms with van der Waals surface area (Å²) < 4.78 is 4.77. The first-order valence-corrected chi connectivity index (χ1v) is 7.15. The number of nitrogens with zero attached hydrogens (tertiary/aromatic N) is 2. The third-order valence-corrected chi connectivity index (χ3v) is 3.67. The molecule has 0 aromatic carbocycles. The van der Waals surface area contributed by atoms with Gasteiger partial charge in [-0.25, -0.2) is 0 Å². The maximum atomic E-state index is 12.3. The summed E-state index contributed by atoms with van der Waals surface area (Å²) in [4.78, 5) is 29.4. The molecular formula is C15H21N3O3. The molecule has 0 spiro atoms. The van der Waals surface area contributed by atoms with Crippen LogP contribution < -0.4 is 5.32 Å². The fraction of sp³-hybridized carbons (Fsp3) is 0.533. The van der Waals surface area contributed by atoms with Gasteiger partial charge < -0.3 is 15.0 Å². The van der Waals surface area contributed by atoms with Crippen LogP contribution in [0.4, 0.5) is 0 Å². The molecule has 1 aromatic heterocycles. The molecular weight excluding hydrogens is 270 g/mol. The van der Waals surface area contributed by atoms with E-state index in [1.165, 1.54) is 7.11 Å². The van der Waals surface area contributed by atoms with Crippen LogP contribution >= 0.6 is 0 Å². The highest BCUT2D eigenvalue weighted by Gasteiger charge is 2.23. The summed E-state index contributed by atoms with van der Waals surface area (Å²) in [7, 11) is 1.50. The highest BCUT2D eigenvalue weighted by molar-refractivity contribution is 5.93. The molecule has 0 unspecified atom stereocenters. The first-order valence-electron chi connectivity index (χ1n) is 7.15. The van der Waals surface area contributed by atoms with Crippen molar-refractivity contribution in [1.29, 1.82) is 0 Å². The van der Waals surface area contributed by atoms with Gasteiger partial charge >= 0.3 is 0 Å². The van der Waals surface area contributed by atoms with E-state index in [0.717, 1.165) is 25.9 Å². The quantitative estimate of drug-likeness (QED) is 0.866. The molecule has 1 aliphatic rings. The molecule has 1 aromatic rings. The fourth-order valence-electron chi connectivity index (χ4n) is 2.45. The molecule has 1 saturated heterocycles. The highest BCUT2D eigenvalue weighted by atomic mass is 16.5. The summed E-state index contributed by atoms with van der Waals surface area (Å²) in [6.45, 7) is 2.19. The number of rotatable bonds is 5. The average molecular weight is 291 g/mol. The van der Waals surface area contributed by atoms with Crippen molar-refractivity contribution in [2.24, 2.45) is 5.92 Å². The van der Waals surface area contributed by atoms with E-state index in [0.29, 0.717) is 18.0 Å². The molecule has 21 heavy (non-hydrogen) atoms. The van der Waals surface area contributed by atoms with E-state index in [4.69, 9.17) is 4.74 Å². The van der Waals surface area contributed by atoms with Gasteiger partial charge in [0.1, 0.15) is 6.61 Å². The lowest BCUT2D eigenvalue weighted by molar-refractivity contribution is -0.125. The third kappa shape index (κ3) is 4.53. The number of piperidine rings is 1. The molecule has 1 aliphatic heterocycles. The molecule has 0 bridgehead atoms. The summed E-state index contributed by atoms with van der Waals surface area (Å²) in [5.41, 5.74) is 0.629. The van der Waals surface area contributed by atoms with Crippen molar-refractivity contribution in [3.8, 4) is 0 Å². The fourth-order valence-corrected chi connectivity index (χ4v) is 2.45. The van der Waals surface area contributed by atoms with Gasteiger partial charge in [-0.1, -0.05) is 0 Å². The Morgan fingerprint density at radius 3 is 2.81 bits per heavy atom. The van der Waals surface area contributed by atoms with Crippen LogP contribution in [0.1, 0.15) is 23.2 Å². The average Bonchev–Trinajstić information content (AvgIpc) is 2.54. The topological polar surface area (TPSA) is 71.5 Å². The van der Waals surface area contributed by atoms with E-state index >= 15 is 0 Å². The number of carbonyl (C=O) groups is 2. The van der Waals surface area contributed by atoms with Crippen molar-refractivity contribution >= 4 is 11.8 Å². The van der Waals surface area contributed by atoms with E-state index in [1.54, 1.807) is 24.5 Å². The summed E-state index contributed by atoms with van der Waals surface area (Å²) in [6.07, 6.45) is 5.06. The lowest BCUT2D eigenvalue weighted by Gasteiger charge is -2.32. The molecule has 2 heterocycles.